The summed E-state index contributed by atoms with van der Waals surface area (Å²) in [7, 11) is -0.982. The molecule has 0 spiro atoms. The van der Waals surface area contributed by atoms with Crippen LogP contribution in [0.1, 0.15) is 10.4 Å². The van der Waals surface area contributed by atoms with Crippen LogP contribution in [0.25, 0.3) is 0 Å². The van der Waals surface area contributed by atoms with E-state index < -0.39 is 15.9 Å². The van der Waals surface area contributed by atoms with Crippen molar-refractivity contribution >= 4 is 15.9 Å². The van der Waals surface area contributed by atoms with Crippen molar-refractivity contribution in [2.45, 2.75) is 4.90 Å². The second-order valence-corrected chi connectivity index (χ2v) is 6.75. The average molecular weight is 380 g/mol. The van der Waals surface area contributed by atoms with Crippen LogP contribution >= 0.6 is 0 Å². The molecule has 0 saturated heterocycles. The number of primary sulfonamides is 1. The van der Waals surface area contributed by atoms with Gasteiger partial charge in [-0.05, 0) is 30.3 Å². The van der Waals surface area contributed by atoms with Gasteiger partial charge in [0.15, 0.2) is 0 Å². The lowest BCUT2D eigenvalue weighted by Gasteiger charge is -2.11. The Morgan fingerprint density at radius 2 is 1.81 bits per heavy atom. The Balaban J connectivity index is 1.99. The van der Waals surface area contributed by atoms with Gasteiger partial charge in [0.2, 0.25) is 10.0 Å². The number of amides is 1. The Kier molecular flexibility index (Phi) is 6.42. The number of carbonyl (C=O) groups excluding carboxylic acids is 1. The van der Waals surface area contributed by atoms with Crippen molar-refractivity contribution in [3.05, 3.63) is 48.0 Å². The molecular weight excluding hydrogens is 360 g/mol. The Morgan fingerprint density at radius 3 is 2.46 bits per heavy atom. The minimum Gasteiger partial charge on any atom is -0.497 e. The van der Waals surface area contributed by atoms with Crippen LogP contribution in [0.3, 0.4) is 0 Å². The van der Waals surface area contributed by atoms with Crippen LogP contribution < -0.4 is 24.7 Å². The lowest BCUT2D eigenvalue weighted by molar-refractivity contribution is 0.0943. The zero-order chi connectivity index (χ0) is 19.2. The molecule has 8 nitrogen and oxygen atoms in total. The quantitative estimate of drug-likeness (QED) is 0.664. The number of sulfonamides is 1. The maximum absolute atomic E-state index is 12.3. The summed E-state index contributed by atoms with van der Waals surface area (Å²) in [6.07, 6.45) is 0. The number of hydrogen-bond donors (Lipinski definition) is 2. The first-order chi connectivity index (χ1) is 12.3. The zero-order valence-corrected chi connectivity index (χ0v) is 15.2. The van der Waals surface area contributed by atoms with Gasteiger partial charge in [0.05, 0.1) is 31.2 Å². The van der Waals surface area contributed by atoms with Gasteiger partial charge in [-0.15, -0.1) is 0 Å². The number of ether oxygens (including phenoxy) is 3. The third-order valence-electron chi connectivity index (χ3n) is 3.44. The lowest BCUT2D eigenvalue weighted by Crippen LogP contribution is -2.28. The van der Waals surface area contributed by atoms with Crippen molar-refractivity contribution in [3.8, 4) is 17.2 Å². The van der Waals surface area contributed by atoms with Crippen LogP contribution in [0.4, 0.5) is 0 Å². The van der Waals surface area contributed by atoms with Gasteiger partial charge in [-0.1, -0.05) is 6.07 Å². The highest BCUT2D eigenvalue weighted by Gasteiger charge is 2.17. The summed E-state index contributed by atoms with van der Waals surface area (Å²) in [6, 6.07) is 10.9. The molecule has 0 fully saturated rings. The molecule has 3 N–H and O–H groups in total. The van der Waals surface area contributed by atoms with Crippen molar-refractivity contribution in [2.75, 3.05) is 27.4 Å². The number of methoxy groups -OCH3 is 2. The molecule has 0 aliphatic heterocycles. The molecule has 0 unspecified atom stereocenters. The zero-order valence-electron chi connectivity index (χ0n) is 14.4. The van der Waals surface area contributed by atoms with Crippen LogP contribution in [-0.4, -0.2) is 41.7 Å². The number of carbonyl (C=O) groups is 1. The Hall–Kier alpha value is -2.78. The highest BCUT2D eigenvalue weighted by molar-refractivity contribution is 7.89. The fraction of sp³-hybridized carbons (Fsp3) is 0.235. The van der Waals surface area contributed by atoms with E-state index in [1.54, 1.807) is 31.4 Å². The monoisotopic (exact) mass is 380 g/mol. The fourth-order valence-electron chi connectivity index (χ4n) is 2.16. The van der Waals surface area contributed by atoms with Crippen LogP contribution in [0, 0.1) is 0 Å². The smallest absolute Gasteiger partial charge is 0.255 e. The predicted octanol–water partition coefficient (Wildman–Crippen LogP) is 1.16. The van der Waals surface area contributed by atoms with Crippen LogP contribution in [0.5, 0.6) is 17.2 Å². The number of benzene rings is 2. The van der Waals surface area contributed by atoms with Crippen molar-refractivity contribution in [3.63, 3.8) is 0 Å². The third-order valence-corrected chi connectivity index (χ3v) is 4.35. The third kappa shape index (κ3) is 5.11. The first-order valence-corrected chi connectivity index (χ1v) is 9.15. The summed E-state index contributed by atoms with van der Waals surface area (Å²) in [5.41, 5.74) is 0.0698. The Bertz CT molecular complexity index is 883. The SMILES string of the molecule is COc1cccc(OCCNC(=O)c2cc(S(N)(=O)=O)ccc2OC)c1. The van der Waals surface area contributed by atoms with Gasteiger partial charge < -0.3 is 19.5 Å². The summed E-state index contributed by atoms with van der Waals surface area (Å²) in [6.45, 7) is 0.425. The molecule has 2 aromatic carbocycles. The van der Waals surface area contributed by atoms with E-state index in [4.69, 9.17) is 19.3 Å². The molecule has 2 aromatic rings. The van der Waals surface area contributed by atoms with Gasteiger partial charge in [0.1, 0.15) is 23.9 Å². The van der Waals surface area contributed by atoms with E-state index in [0.29, 0.717) is 11.5 Å². The molecule has 0 aliphatic rings. The van der Waals surface area contributed by atoms with Gasteiger partial charge in [-0.3, -0.25) is 4.79 Å². The van der Waals surface area contributed by atoms with Crippen molar-refractivity contribution in [1.82, 2.24) is 5.32 Å². The van der Waals surface area contributed by atoms with Crippen molar-refractivity contribution in [2.24, 2.45) is 5.14 Å². The van der Waals surface area contributed by atoms with E-state index in [-0.39, 0.29) is 29.4 Å². The van der Waals surface area contributed by atoms with Gasteiger partial charge in [0.25, 0.3) is 5.91 Å². The van der Waals surface area contributed by atoms with Gasteiger partial charge in [-0.2, -0.15) is 0 Å². The molecular formula is C17H20N2O6S. The van der Waals surface area contributed by atoms with E-state index in [0.717, 1.165) is 0 Å². The lowest BCUT2D eigenvalue weighted by atomic mass is 10.2. The first kappa shape index (κ1) is 19.5. The van der Waals surface area contributed by atoms with E-state index in [1.165, 1.54) is 25.3 Å². The Labute approximate surface area is 151 Å². The maximum atomic E-state index is 12.3. The average Bonchev–Trinajstić information content (AvgIpc) is 2.64. The van der Waals surface area contributed by atoms with Crippen LogP contribution in [0.15, 0.2) is 47.4 Å². The molecule has 0 bridgehead atoms. The maximum Gasteiger partial charge on any atom is 0.255 e. The summed E-state index contributed by atoms with van der Waals surface area (Å²) in [5, 5.41) is 7.74. The molecule has 9 heteroatoms. The number of rotatable bonds is 8. The molecule has 2 rings (SSSR count). The van der Waals surface area contributed by atoms with Crippen LogP contribution in [0.2, 0.25) is 0 Å². The van der Waals surface area contributed by atoms with Gasteiger partial charge >= 0.3 is 0 Å². The molecule has 1 amide bonds. The summed E-state index contributed by atoms with van der Waals surface area (Å²) < 4.78 is 38.6. The number of nitrogens with one attached hydrogen (secondary N) is 1. The first-order valence-electron chi connectivity index (χ1n) is 7.61. The molecule has 0 radical (unpaired) electrons. The topological polar surface area (TPSA) is 117 Å². The fourth-order valence-corrected chi connectivity index (χ4v) is 2.70. The van der Waals surface area contributed by atoms with E-state index in [9.17, 15) is 13.2 Å². The standard InChI is InChI=1S/C17H20N2O6S/c1-23-12-4-3-5-13(10-12)25-9-8-19-17(20)15-11-14(26(18,21)22)6-7-16(15)24-2/h3-7,10-11H,8-9H2,1-2H3,(H,19,20)(H2,18,21,22). The van der Waals surface area contributed by atoms with E-state index >= 15 is 0 Å². The largest absolute Gasteiger partial charge is 0.497 e. The molecule has 140 valence electrons. The van der Waals surface area contributed by atoms with Crippen molar-refractivity contribution < 1.29 is 27.4 Å². The number of hydrogen-bond acceptors (Lipinski definition) is 6. The summed E-state index contributed by atoms with van der Waals surface area (Å²) in [5.74, 6) is 1.01. The molecule has 0 aromatic heterocycles. The van der Waals surface area contributed by atoms with Crippen molar-refractivity contribution in [1.29, 1.82) is 0 Å². The second-order valence-electron chi connectivity index (χ2n) is 5.19. The minimum absolute atomic E-state index is 0.0698. The number of nitrogens with two attached hydrogens (primary N) is 1. The minimum atomic E-state index is -3.92. The molecule has 0 atom stereocenters. The predicted molar refractivity (Wildman–Crippen MR) is 95.2 cm³/mol. The van der Waals surface area contributed by atoms with Gasteiger partial charge in [0, 0.05) is 6.07 Å². The van der Waals surface area contributed by atoms with Gasteiger partial charge in [-0.25, -0.2) is 13.6 Å². The second kappa shape index (κ2) is 8.54. The molecule has 26 heavy (non-hydrogen) atoms. The Morgan fingerprint density at radius 1 is 1.08 bits per heavy atom. The highest BCUT2D eigenvalue weighted by atomic mass is 32.2. The summed E-state index contributed by atoms with van der Waals surface area (Å²) >= 11 is 0. The molecule has 0 heterocycles. The van der Waals surface area contributed by atoms with E-state index in [2.05, 4.69) is 5.32 Å². The summed E-state index contributed by atoms with van der Waals surface area (Å²) in [4.78, 5) is 12.1. The van der Waals surface area contributed by atoms with Crippen LogP contribution in [-0.2, 0) is 10.0 Å². The highest BCUT2D eigenvalue weighted by Crippen LogP contribution is 2.22. The normalized spacial score (nSPS) is 10.9. The molecule has 0 saturated carbocycles. The van der Waals surface area contributed by atoms with E-state index in [1.807, 2.05) is 0 Å². The molecule has 0 aliphatic carbocycles.